The van der Waals surface area contributed by atoms with Crippen LogP contribution in [-0.2, 0) is 6.42 Å². The molecule has 0 aliphatic carbocycles. The first kappa shape index (κ1) is 13.6. The molecule has 0 aliphatic rings. The van der Waals surface area contributed by atoms with Crippen LogP contribution in [0.5, 0.6) is 0 Å². The smallest absolute Gasteiger partial charge is 0.124 e. The number of rotatable bonds is 3. The summed E-state index contributed by atoms with van der Waals surface area (Å²) >= 11 is 6.63. The maximum absolute atomic E-state index is 13.0. The van der Waals surface area contributed by atoms with Gasteiger partial charge in [-0.2, -0.15) is 0 Å². The Morgan fingerprint density at radius 1 is 1.22 bits per heavy atom. The van der Waals surface area contributed by atoms with E-state index < -0.39 is 6.10 Å². The van der Waals surface area contributed by atoms with E-state index >= 15 is 0 Å². The lowest BCUT2D eigenvalue weighted by molar-refractivity contribution is 0.172. The van der Waals surface area contributed by atoms with Crippen molar-refractivity contribution in [2.24, 2.45) is 0 Å². The van der Waals surface area contributed by atoms with Gasteiger partial charge < -0.3 is 5.11 Å². The zero-order valence-corrected chi connectivity index (χ0v) is 12.4. The zero-order valence-electron chi connectivity index (χ0n) is 9.28. The van der Waals surface area contributed by atoms with Crippen molar-refractivity contribution in [3.63, 3.8) is 0 Å². The van der Waals surface area contributed by atoms with E-state index in [9.17, 15) is 9.50 Å². The molecule has 1 atom stereocenters. The fraction of sp³-hybridized carbons (Fsp3) is 0.154. The van der Waals surface area contributed by atoms with Gasteiger partial charge in [0.25, 0.3) is 0 Å². The normalized spacial score (nSPS) is 12.4. The van der Waals surface area contributed by atoms with Crippen LogP contribution in [0.3, 0.4) is 0 Å². The van der Waals surface area contributed by atoms with Crippen molar-refractivity contribution >= 4 is 31.9 Å². The van der Waals surface area contributed by atoms with Crippen molar-refractivity contribution in [2.45, 2.75) is 12.5 Å². The van der Waals surface area contributed by atoms with E-state index in [1.165, 1.54) is 12.1 Å². The lowest BCUT2D eigenvalue weighted by Gasteiger charge is -2.12. The third-order valence-corrected chi connectivity index (χ3v) is 3.94. The van der Waals surface area contributed by atoms with Gasteiger partial charge in [-0.25, -0.2) is 4.39 Å². The summed E-state index contributed by atoms with van der Waals surface area (Å²) in [7, 11) is 0. The minimum atomic E-state index is -0.734. The van der Waals surface area contributed by atoms with Gasteiger partial charge in [0, 0.05) is 21.6 Å². The number of nitrogens with zero attached hydrogens (tertiary/aromatic N) is 1. The number of benzene rings is 1. The molecule has 0 saturated heterocycles. The highest BCUT2D eigenvalue weighted by atomic mass is 79.9. The standard InChI is InChI=1S/C13H10Br2FNO/c14-10-2-1-5-17-13(10)12(18)6-8-3-4-9(16)7-11(8)15/h1-5,7,12,18H,6H2. The van der Waals surface area contributed by atoms with Gasteiger partial charge in [-0.1, -0.05) is 22.0 Å². The molecule has 2 nitrogen and oxygen atoms in total. The molecule has 0 amide bonds. The summed E-state index contributed by atoms with van der Waals surface area (Å²) < 4.78 is 14.4. The Kier molecular flexibility index (Phi) is 4.48. The quantitative estimate of drug-likeness (QED) is 0.880. The molecule has 0 fully saturated rings. The predicted octanol–water partition coefficient (Wildman–Crippen LogP) is 4.02. The minimum absolute atomic E-state index is 0.306. The number of pyridine rings is 1. The lowest BCUT2D eigenvalue weighted by Crippen LogP contribution is -2.05. The van der Waals surface area contributed by atoms with Crippen LogP contribution >= 0.6 is 31.9 Å². The van der Waals surface area contributed by atoms with Gasteiger partial charge in [-0.3, -0.25) is 4.98 Å². The minimum Gasteiger partial charge on any atom is -0.386 e. The summed E-state index contributed by atoms with van der Waals surface area (Å²) in [4.78, 5) is 4.14. The summed E-state index contributed by atoms with van der Waals surface area (Å²) in [6.45, 7) is 0. The van der Waals surface area contributed by atoms with Crippen LogP contribution in [0.25, 0.3) is 0 Å². The molecule has 2 aromatic rings. The highest BCUT2D eigenvalue weighted by Crippen LogP contribution is 2.27. The van der Waals surface area contributed by atoms with Gasteiger partial charge >= 0.3 is 0 Å². The monoisotopic (exact) mass is 373 g/mol. The number of aliphatic hydroxyl groups excluding tert-OH is 1. The number of hydrogen-bond donors (Lipinski definition) is 1. The Morgan fingerprint density at radius 3 is 2.67 bits per heavy atom. The Morgan fingerprint density at radius 2 is 2.00 bits per heavy atom. The summed E-state index contributed by atoms with van der Waals surface area (Å²) in [5.74, 6) is -0.306. The molecule has 0 aliphatic heterocycles. The molecular formula is C13H10Br2FNO. The van der Waals surface area contributed by atoms with Crippen LogP contribution in [0.4, 0.5) is 4.39 Å². The van der Waals surface area contributed by atoms with Crippen molar-refractivity contribution in [2.75, 3.05) is 0 Å². The molecule has 94 valence electrons. The van der Waals surface area contributed by atoms with Crippen LogP contribution < -0.4 is 0 Å². The molecule has 18 heavy (non-hydrogen) atoms. The second-order valence-corrected chi connectivity index (χ2v) is 5.53. The highest BCUT2D eigenvalue weighted by Gasteiger charge is 2.14. The van der Waals surface area contributed by atoms with Gasteiger partial charge in [-0.05, 0) is 45.8 Å². The third kappa shape index (κ3) is 3.16. The van der Waals surface area contributed by atoms with Gasteiger partial charge in [0.2, 0.25) is 0 Å². The van der Waals surface area contributed by atoms with E-state index in [2.05, 4.69) is 36.8 Å². The van der Waals surface area contributed by atoms with E-state index in [-0.39, 0.29) is 5.82 Å². The maximum Gasteiger partial charge on any atom is 0.124 e. The van der Waals surface area contributed by atoms with Gasteiger partial charge in [0.15, 0.2) is 0 Å². The molecule has 1 aromatic heterocycles. The molecule has 5 heteroatoms. The van der Waals surface area contributed by atoms with Crippen LogP contribution in [0, 0.1) is 5.82 Å². The van der Waals surface area contributed by atoms with E-state index in [4.69, 9.17) is 0 Å². The molecule has 0 saturated carbocycles. The van der Waals surface area contributed by atoms with Crippen molar-refractivity contribution in [3.05, 3.63) is 62.5 Å². The van der Waals surface area contributed by atoms with Crippen LogP contribution in [0.2, 0.25) is 0 Å². The Labute approximate surface area is 121 Å². The summed E-state index contributed by atoms with van der Waals surface area (Å²) in [6.07, 6.45) is 1.27. The second kappa shape index (κ2) is 5.91. The molecule has 0 radical (unpaired) electrons. The van der Waals surface area contributed by atoms with Crippen LogP contribution in [0.15, 0.2) is 45.5 Å². The summed E-state index contributed by atoms with van der Waals surface area (Å²) in [5.41, 5.74) is 1.41. The molecule has 1 heterocycles. The van der Waals surface area contributed by atoms with E-state index in [1.807, 2.05) is 6.07 Å². The molecule has 1 N–H and O–H groups in total. The molecule has 0 spiro atoms. The molecular weight excluding hydrogens is 365 g/mol. The fourth-order valence-electron chi connectivity index (χ4n) is 1.64. The fourth-order valence-corrected chi connectivity index (χ4v) is 2.67. The molecule has 1 aromatic carbocycles. The van der Waals surface area contributed by atoms with Gasteiger partial charge in [0.05, 0.1) is 5.69 Å². The van der Waals surface area contributed by atoms with E-state index in [0.717, 1.165) is 10.0 Å². The average Bonchev–Trinajstić information content (AvgIpc) is 2.33. The number of halogens is 3. The van der Waals surface area contributed by atoms with Crippen molar-refractivity contribution < 1.29 is 9.50 Å². The summed E-state index contributed by atoms with van der Waals surface area (Å²) in [5, 5.41) is 10.1. The summed E-state index contributed by atoms with van der Waals surface area (Å²) in [6, 6.07) is 8.02. The van der Waals surface area contributed by atoms with Crippen molar-refractivity contribution in [3.8, 4) is 0 Å². The average molecular weight is 375 g/mol. The van der Waals surface area contributed by atoms with Crippen molar-refractivity contribution in [1.29, 1.82) is 0 Å². The zero-order chi connectivity index (χ0) is 13.1. The maximum atomic E-state index is 13.0. The Bertz CT molecular complexity index is 562. The van der Waals surface area contributed by atoms with Gasteiger partial charge in [-0.15, -0.1) is 0 Å². The topological polar surface area (TPSA) is 33.1 Å². The first-order chi connectivity index (χ1) is 8.58. The Hall–Kier alpha value is -0.780. The van der Waals surface area contributed by atoms with Crippen LogP contribution in [-0.4, -0.2) is 10.1 Å². The molecule has 2 rings (SSSR count). The second-order valence-electron chi connectivity index (χ2n) is 3.83. The van der Waals surface area contributed by atoms with Crippen LogP contribution in [0.1, 0.15) is 17.4 Å². The first-order valence-corrected chi connectivity index (χ1v) is 6.89. The predicted molar refractivity (Wildman–Crippen MR) is 74.7 cm³/mol. The largest absolute Gasteiger partial charge is 0.386 e. The highest BCUT2D eigenvalue weighted by molar-refractivity contribution is 9.10. The Balaban J connectivity index is 2.21. The van der Waals surface area contributed by atoms with Crippen molar-refractivity contribution in [1.82, 2.24) is 4.98 Å². The number of hydrogen-bond acceptors (Lipinski definition) is 2. The lowest BCUT2D eigenvalue weighted by atomic mass is 10.1. The number of aliphatic hydroxyl groups is 1. The third-order valence-electron chi connectivity index (χ3n) is 2.53. The van der Waals surface area contributed by atoms with Gasteiger partial charge in [0.1, 0.15) is 11.9 Å². The van der Waals surface area contributed by atoms with E-state index in [1.54, 1.807) is 18.3 Å². The first-order valence-electron chi connectivity index (χ1n) is 5.30. The SMILES string of the molecule is OC(Cc1ccc(F)cc1Br)c1ncccc1Br. The molecule has 0 bridgehead atoms. The van der Waals surface area contributed by atoms with E-state index in [0.29, 0.717) is 16.6 Å². The number of aromatic nitrogens is 1. The molecule has 1 unspecified atom stereocenters.